The average Bonchev–Trinajstić information content (AvgIpc) is 2.15. The molecule has 0 saturated carbocycles. The standard InChI is InChI=1S/C11H15BrN2O/c1-11(2,10(13)15)14-7-8-4-3-5-9(12)6-8/h3-6,14H,7H2,1-2H3,(H2,13,15). The Morgan fingerprint density at radius 2 is 2.20 bits per heavy atom. The number of amides is 1. The number of nitrogens with one attached hydrogen (secondary N) is 1. The summed E-state index contributed by atoms with van der Waals surface area (Å²) in [5.41, 5.74) is 5.69. The molecule has 15 heavy (non-hydrogen) atoms. The third-order valence-electron chi connectivity index (χ3n) is 2.24. The molecular weight excluding hydrogens is 256 g/mol. The van der Waals surface area contributed by atoms with Gasteiger partial charge in [-0.1, -0.05) is 28.1 Å². The van der Waals surface area contributed by atoms with Gasteiger partial charge in [0.05, 0.1) is 5.54 Å². The monoisotopic (exact) mass is 270 g/mol. The Hall–Kier alpha value is -0.870. The van der Waals surface area contributed by atoms with E-state index in [1.165, 1.54) is 0 Å². The molecule has 82 valence electrons. The highest BCUT2D eigenvalue weighted by molar-refractivity contribution is 9.10. The topological polar surface area (TPSA) is 55.1 Å². The van der Waals surface area contributed by atoms with Gasteiger partial charge in [-0.2, -0.15) is 0 Å². The van der Waals surface area contributed by atoms with Crippen LogP contribution in [0.25, 0.3) is 0 Å². The van der Waals surface area contributed by atoms with E-state index in [0.29, 0.717) is 6.54 Å². The minimum absolute atomic E-state index is 0.350. The van der Waals surface area contributed by atoms with Gasteiger partial charge in [0.2, 0.25) is 5.91 Å². The molecule has 3 nitrogen and oxygen atoms in total. The van der Waals surface area contributed by atoms with Crippen molar-refractivity contribution in [3.8, 4) is 0 Å². The largest absolute Gasteiger partial charge is 0.368 e. The number of carbonyl (C=O) groups is 1. The quantitative estimate of drug-likeness (QED) is 0.877. The van der Waals surface area contributed by atoms with E-state index in [4.69, 9.17) is 5.73 Å². The molecule has 1 aromatic rings. The molecule has 0 saturated heterocycles. The summed E-state index contributed by atoms with van der Waals surface area (Å²) in [6, 6.07) is 7.92. The molecule has 0 aromatic heterocycles. The minimum atomic E-state index is -0.678. The third-order valence-corrected chi connectivity index (χ3v) is 2.73. The maximum absolute atomic E-state index is 11.1. The van der Waals surface area contributed by atoms with E-state index in [1.807, 2.05) is 24.3 Å². The molecule has 0 aliphatic carbocycles. The Morgan fingerprint density at radius 1 is 1.53 bits per heavy atom. The number of carbonyl (C=O) groups excluding carboxylic acids is 1. The molecule has 1 aromatic carbocycles. The van der Waals surface area contributed by atoms with Crippen molar-refractivity contribution < 1.29 is 4.79 Å². The molecule has 3 N–H and O–H groups in total. The van der Waals surface area contributed by atoms with Crippen LogP contribution in [0.2, 0.25) is 0 Å². The zero-order chi connectivity index (χ0) is 11.5. The molecule has 1 rings (SSSR count). The first-order chi connectivity index (χ1) is 6.92. The first kappa shape index (κ1) is 12.2. The van der Waals surface area contributed by atoms with Gasteiger partial charge in [0.1, 0.15) is 0 Å². The second-order valence-corrected chi connectivity index (χ2v) is 4.89. The van der Waals surface area contributed by atoms with Crippen LogP contribution in [-0.4, -0.2) is 11.4 Å². The number of nitrogens with two attached hydrogens (primary N) is 1. The van der Waals surface area contributed by atoms with Crippen molar-refractivity contribution in [2.24, 2.45) is 5.73 Å². The molecular formula is C11H15BrN2O. The summed E-state index contributed by atoms with van der Waals surface area (Å²) < 4.78 is 1.03. The molecule has 1 amide bonds. The second kappa shape index (κ2) is 4.77. The number of halogens is 1. The SMILES string of the molecule is CC(C)(NCc1cccc(Br)c1)C(N)=O. The Labute approximate surface area is 98.2 Å². The van der Waals surface area contributed by atoms with E-state index < -0.39 is 5.54 Å². The normalized spacial score (nSPS) is 11.4. The Bertz CT molecular complexity index is 363. The lowest BCUT2D eigenvalue weighted by Gasteiger charge is -2.22. The maximum atomic E-state index is 11.1. The number of primary amides is 1. The van der Waals surface area contributed by atoms with Gasteiger partial charge in [-0.05, 0) is 31.5 Å². The van der Waals surface area contributed by atoms with Gasteiger partial charge >= 0.3 is 0 Å². The van der Waals surface area contributed by atoms with Crippen LogP contribution in [0.5, 0.6) is 0 Å². The highest BCUT2D eigenvalue weighted by atomic mass is 79.9. The van der Waals surface area contributed by atoms with Crippen molar-refractivity contribution in [2.75, 3.05) is 0 Å². The molecule has 0 atom stereocenters. The number of hydrogen-bond acceptors (Lipinski definition) is 2. The van der Waals surface area contributed by atoms with E-state index in [2.05, 4.69) is 21.2 Å². The first-order valence-corrected chi connectivity index (χ1v) is 5.50. The van der Waals surface area contributed by atoms with Crippen LogP contribution in [-0.2, 0) is 11.3 Å². The lowest BCUT2D eigenvalue weighted by molar-refractivity contribution is -0.123. The summed E-state index contributed by atoms with van der Waals surface area (Å²) in [7, 11) is 0. The fraction of sp³-hybridized carbons (Fsp3) is 0.364. The zero-order valence-corrected chi connectivity index (χ0v) is 10.5. The fourth-order valence-corrected chi connectivity index (χ4v) is 1.50. The van der Waals surface area contributed by atoms with E-state index in [0.717, 1.165) is 10.0 Å². The number of benzene rings is 1. The molecule has 0 spiro atoms. The minimum Gasteiger partial charge on any atom is -0.368 e. The van der Waals surface area contributed by atoms with Gasteiger partial charge in [0.25, 0.3) is 0 Å². The average molecular weight is 271 g/mol. The molecule has 0 fully saturated rings. The fourth-order valence-electron chi connectivity index (χ4n) is 1.06. The van der Waals surface area contributed by atoms with E-state index in [1.54, 1.807) is 13.8 Å². The first-order valence-electron chi connectivity index (χ1n) is 4.71. The predicted molar refractivity (Wildman–Crippen MR) is 64.3 cm³/mol. The second-order valence-electron chi connectivity index (χ2n) is 3.97. The highest BCUT2D eigenvalue weighted by Gasteiger charge is 2.23. The summed E-state index contributed by atoms with van der Waals surface area (Å²) in [4.78, 5) is 11.1. The van der Waals surface area contributed by atoms with Crippen molar-refractivity contribution >= 4 is 21.8 Å². The van der Waals surface area contributed by atoms with Crippen molar-refractivity contribution in [3.63, 3.8) is 0 Å². The molecule has 0 aliphatic heterocycles. The Kier molecular flexibility index (Phi) is 3.88. The lowest BCUT2D eigenvalue weighted by atomic mass is 10.0. The van der Waals surface area contributed by atoms with Crippen LogP contribution in [0.1, 0.15) is 19.4 Å². The van der Waals surface area contributed by atoms with Crippen molar-refractivity contribution in [1.82, 2.24) is 5.32 Å². The van der Waals surface area contributed by atoms with Crippen LogP contribution >= 0.6 is 15.9 Å². The highest BCUT2D eigenvalue weighted by Crippen LogP contribution is 2.12. The number of rotatable bonds is 4. The summed E-state index contributed by atoms with van der Waals surface area (Å²) in [5.74, 6) is -0.350. The predicted octanol–water partition coefficient (Wildman–Crippen LogP) is 1.80. The maximum Gasteiger partial charge on any atom is 0.237 e. The third kappa shape index (κ3) is 3.64. The smallest absolute Gasteiger partial charge is 0.237 e. The van der Waals surface area contributed by atoms with Crippen molar-refractivity contribution in [2.45, 2.75) is 25.9 Å². The summed E-state index contributed by atoms with van der Waals surface area (Å²) in [6.07, 6.45) is 0. The van der Waals surface area contributed by atoms with Crippen molar-refractivity contribution in [1.29, 1.82) is 0 Å². The lowest BCUT2D eigenvalue weighted by Crippen LogP contribution is -2.50. The molecule has 0 radical (unpaired) electrons. The number of hydrogen-bond donors (Lipinski definition) is 2. The van der Waals surface area contributed by atoms with Crippen LogP contribution in [0.4, 0.5) is 0 Å². The van der Waals surface area contributed by atoms with Crippen LogP contribution in [0.3, 0.4) is 0 Å². The molecule has 4 heteroatoms. The van der Waals surface area contributed by atoms with Gasteiger partial charge in [-0.3, -0.25) is 10.1 Å². The van der Waals surface area contributed by atoms with Gasteiger partial charge < -0.3 is 5.73 Å². The van der Waals surface area contributed by atoms with Gasteiger partial charge in [0, 0.05) is 11.0 Å². The molecule has 0 heterocycles. The zero-order valence-electron chi connectivity index (χ0n) is 8.88. The summed E-state index contributed by atoms with van der Waals surface area (Å²) >= 11 is 3.39. The van der Waals surface area contributed by atoms with Crippen LogP contribution < -0.4 is 11.1 Å². The van der Waals surface area contributed by atoms with Crippen LogP contribution in [0.15, 0.2) is 28.7 Å². The van der Waals surface area contributed by atoms with E-state index in [-0.39, 0.29) is 5.91 Å². The summed E-state index contributed by atoms with van der Waals surface area (Å²) in [6.45, 7) is 4.16. The van der Waals surface area contributed by atoms with Gasteiger partial charge in [0.15, 0.2) is 0 Å². The molecule has 0 unspecified atom stereocenters. The van der Waals surface area contributed by atoms with Gasteiger partial charge in [-0.15, -0.1) is 0 Å². The van der Waals surface area contributed by atoms with E-state index >= 15 is 0 Å². The Morgan fingerprint density at radius 3 is 2.73 bits per heavy atom. The molecule has 0 aliphatic rings. The summed E-state index contributed by atoms with van der Waals surface area (Å²) in [5, 5.41) is 3.11. The van der Waals surface area contributed by atoms with Gasteiger partial charge in [-0.25, -0.2) is 0 Å². The Balaban J connectivity index is 2.61. The van der Waals surface area contributed by atoms with E-state index in [9.17, 15) is 4.79 Å². The molecule has 0 bridgehead atoms. The van der Waals surface area contributed by atoms with Crippen LogP contribution in [0, 0.1) is 0 Å². The van der Waals surface area contributed by atoms with Crippen molar-refractivity contribution in [3.05, 3.63) is 34.3 Å².